The van der Waals surface area contributed by atoms with E-state index in [1.165, 1.54) is 0 Å². The SMILES string of the molecule is CN1CCC(NC(=O)COc2ccc(CN)cc2)C1=O. The molecule has 0 spiro atoms. The molecule has 0 aromatic heterocycles. The zero-order valence-electron chi connectivity index (χ0n) is 11.5. The Morgan fingerprint density at radius 1 is 1.45 bits per heavy atom. The minimum Gasteiger partial charge on any atom is -0.484 e. The van der Waals surface area contributed by atoms with Gasteiger partial charge in [-0.2, -0.15) is 0 Å². The smallest absolute Gasteiger partial charge is 0.258 e. The highest BCUT2D eigenvalue weighted by atomic mass is 16.5. The van der Waals surface area contributed by atoms with Gasteiger partial charge in [0.15, 0.2) is 6.61 Å². The summed E-state index contributed by atoms with van der Waals surface area (Å²) in [6.07, 6.45) is 0.645. The van der Waals surface area contributed by atoms with E-state index in [2.05, 4.69) is 5.32 Å². The van der Waals surface area contributed by atoms with Gasteiger partial charge in [0.25, 0.3) is 5.91 Å². The summed E-state index contributed by atoms with van der Waals surface area (Å²) in [4.78, 5) is 25.0. The minimum absolute atomic E-state index is 0.0503. The predicted molar refractivity (Wildman–Crippen MR) is 74.0 cm³/mol. The molecule has 2 amide bonds. The summed E-state index contributed by atoms with van der Waals surface area (Å²) < 4.78 is 5.36. The van der Waals surface area contributed by atoms with Crippen molar-refractivity contribution in [1.29, 1.82) is 0 Å². The van der Waals surface area contributed by atoms with E-state index in [1.807, 2.05) is 12.1 Å². The van der Waals surface area contributed by atoms with Crippen LogP contribution in [-0.2, 0) is 16.1 Å². The number of hydrogen-bond acceptors (Lipinski definition) is 4. The molecular formula is C14H19N3O3. The van der Waals surface area contributed by atoms with E-state index >= 15 is 0 Å². The Bertz CT molecular complexity index is 487. The maximum Gasteiger partial charge on any atom is 0.258 e. The summed E-state index contributed by atoms with van der Waals surface area (Å²) in [5, 5.41) is 2.68. The Morgan fingerprint density at radius 3 is 2.70 bits per heavy atom. The number of rotatable bonds is 5. The van der Waals surface area contributed by atoms with Crippen LogP contribution in [0.15, 0.2) is 24.3 Å². The van der Waals surface area contributed by atoms with Gasteiger partial charge in [-0.15, -0.1) is 0 Å². The van der Waals surface area contributed by atoms with Crippen molar-refractivity contribution in [3.05, 3.63) is 29.8 Å². The molecule has 1 aromatic carbocycles. The molecule has 20 heavy (non-hydrogen) atoms. The minimum atomic E-state index is -0.421. The molecule has 2 rings (SSSR count). The van der Waals surface area contributed by atoms with E-state index in [4.69, 9.17) is 10.5 Å². The highest BCUT2D eigenvalue weighted by Gasteiger charge is 2.30. The van der Waals surface area contributed by atoms with Gasteiger partial charge in [0, 0.05) is 20.1 Å². The van der Waals surface area contributed by atoms with Crippen molar-refractivity contribution in [1.82, 2.24) is 10.2 Å². The van der Waals surface area contributed by atoms with Crippen LogP contribution in [0.4, 0.5) is 0 Å². The maximum atomic E-state index is 11.7. The Kier molecular flexibility index (Phi) is 4.57. The van der Waals surface area contributed by atoms with Gasteiger partial charge in [-0.3, -0.25) is 9.59 Å². The second-order valence-electron chi connectivity index (χ2n) is 4.81. The van der Waals surface area contributed by atoms with Gasteiger partial charge in [0.05, 0.1) is 0 Å². The first-order valence-electron chi connectivity index (χ1n) is 6.56. The molecule has 108 valence electrons. The average Bonchev–Trinajstić information content (AvgIpc) is 2.78. The molecule has 1 aromatic rings. The van der Waals surface area contributed by atoms with Gasteiger partial charge in [-0.1, -0.05) is 12.1 Å². The van der Waals surface area contributed by atoms with Crippen LogP contribution in [-0.4, -0.2) is 43.0 Å². The normalized spacial score (nSPS) is 18.2. The number of nitrogens with one attached hydrogen (secondary N) is 1. The quantitative estimate of drug-likeness (QED) is 0.785. The zero-order chi connectivity index (χ0) is 14.5. The van der Waals surface area contributed by atoms with E-state index in [9.17, 15) is 9.59 Å². The van der Waals surface area contributed by atoms with Gasteiger partial charge in [0.1, 0.15) is 11.8 Å². The standard InChI is InChI=1S/C14H19N3O3/c1-17-7-6-12(14(17)19)16-13(18)9-20-11-4-2-10(8-15)3-5-11/h2-5,12H,6-9,15H2,1H3,(H,16,18). The van der Waals surface area contributed by atoms with Crippen molar-refractivity contribution in [2.75, 3.05) is 20.2 Å². The summed E-state index contributed by atoms with van der Waals surface area (Å²) in [5.41, 5.74) is 6.50. The van der Waals surface area contributed by atoms with E-state index in [-0.39, 0.29) is 18.4 Å². The fourth-order valence-electron chi connectivity index (χ4n) is 2.06. The summed E-state index contributed by atoms with van der Waals surface area (Å²) >= 11 is 0. The molecule has 0 bridgehead atoms. The van der Waals surface area contributed by atoms with Gasteiger partial charge in [0.2, 0.25) is 5.91 Å². The highest BCUT2D eigenvalue weighted by molar-refractivity contribution is 5.89. The number of nitrogens with two attached hydrogens (primary N) is 1. The van der Waals surface area contributed by atoms with Crippen molar-refractivity contribution in [3.8, 4) is 5.75 Å². The molecule has 6 nitrogen and oxygen atoms in total. The third kappa shape index (κ3) is 3.48. The van der Waals surface area contributed by atoms with Crippen molar-refractivity contribution in [2.24, 2.45) is 5.73 Å². The number of carbonyl (C=O) groups excluding carboxylic acids is 2. The van der Waals surface area contributed by atoms with Crippen molar-refractivity contribution in [2.45, 2.75) is 19.0 Å². The molecule has 1 aliphatic heterocycles. The number of carbonyl (C=O) groups is 2. The van der Waals surface area contributed by atoms with Crippen LogP contribution in [0.3, 0.4) is 0 Å². The lowest BCUT2D eigenvalue weighted by Gasteiger charge is -2.12. The van der Waals surface area contributed by atoms with Gasteiger partial charge >= 0.3 is 0 Å². The Labute approximate surface area is 117 Å². The number of nitrogens with zero attached hydrogens (tertiary/aromatic N) is 1. The highest BCUT2D eigenvalue weighted by Crippen LogP contribution is 2.12. The van der Waals surface area contributed by atoms with Crippen molar-refractivity contribution in [3.63, 3.8) is 0 Å². The van der Waals surface area contributed by atoms with Crippen LogP contribution in [0.2, 0.25) is 0 Å². The van der Waals surface area contributed by atoms with E-state index < -0.39 is 6.04 Å². The average molecular weight is 277 g/mol. The summed E-state index contributed by atoms with van der Waals surface area (Å²) in [5.74, 6) is 0.263. The number of likely N-dealkylation sites (N-methyl/N-ethyl adjacent to an activating group) is 1. The first-order valence-corrected chi connectivity index (χ1v) is 6.56. The third-order valence-corrected chi connectivity index (χ3v) is 3.29. The summed E-state index contributed by atoms with van der Waals surface area (Å²) in [6.45, 7) is 1.04. The molecule has 1 aliphatic rings. The van der Waals surface area contributed by atoms with Gasteiger partial charge in [-0.05, 0) is 24.1 Å². The van der Waals surface area contributed by atoms with Crippen LogP contribution in [0.1, 0.15) is 12.0 Å². The number of benzene rings is 1. The third-order valence-electron chi connectivity index (χ3n) is 3.29. The monoisotopic (exact) mass is 277 g/mol. The molecule has 6 heteroatoms. The number of likely N-dealkylation sites (tertiary alicyclic amines) is 1. The Hall–Kier alpha value is -2.08. The molecule has 0 radical (unpaired) electrons. The molecular weight excluding hydrogens is 258 g/mol. The second-order valence-corrected chi connectivity index (χ2v) is 4.81. The molecule has 0 saturated carbocycles. The molecule has 3 N–H and O–H groups in total. The van der Waals surface area contributed by atoms with Crippen LogP contribution >= 0.6 is 0 Å². The number of ether oxygens (including phenoxy) is 1. The van der Waals surface area contributed by atoms with Crippen LogP contribution in [0.25, 0.3) is 0 Å². The van der Waals surface area contributed by atoms with Gasteiger partial charge in [-0.25, -0.2) is 0 Å². The van der Waals surface area contributed by atoms with Crippen molar-refractivity contribution >= 4 is 11.8 Å². The molecule has 0 aliphatic carbocycles. The molecule has 1 heterocycles. The fraction of sp³-hybridized carbons (Fsp3) is 0.429. The lowest BCUT2D eigenvalue weighted by Crippen LogP contribution is -2.42. The topological polar surface area (TPSA) is 84.7 Å². The van der Waals surface area contributed by atoms with Crippen LogP contribution in [0.5, 0.6) is 5.75 Å². The lowest BCUT2D eigenvalue weighted by molar-refractivity contribution is -0.132. The second kappa shape index (κ2) is 6.38. The summed E-state index contributed by atoms with van der Waals surface area (Å²) in [6, 6.07) is 6.81. The van der Waals surface area contributed by atoms with Gasteiger partial charge < -0.3 is 20.7 Å². The van der Waals surface area contributed by atoms with E-state index in [0.29, 0.717) is 25.3 Å². The molecule has 1 fully saturated rings. The lowest BCUT2D eigenvalue weighted by atomic mass is 10.2. The Morgan fingerprint density at radius 2 is 2.15 bits per heavy atom. The molecule has 1 unspecified atom stereocenters. The summed E-state index contributed by atoms with van der Waals surface area (Å²) in [7, 11) is 1.73. The molecule has 1 saturated heterocycles. The molecule has 1 atom stereocenters. The number of hydrogen-bond donors (Lipinski definition) is 2. The zero-order valence-corrected chi connectivity index (χ0v) is 11.5. The van der Waals surface area contributed by atoms with E-state index in [1.54, 1.807) is 24.1 Å². The van der Waals surface area contributed by atoms with Crippen molar-refractivity contribution < 1.29 is 14.3 Å². The fourth-order valence-corrected chi connectivity index (χ4v) is 2.06. The first-order chi connectivity index (χ1) is 9.60. The Balaban J connectivity index is 1.78. The predicted octanol–water partition coefficient (Wildman–Crippen LogP) is -0.129. The van der Waals surface area contributed by atoms with E-state index in [0.717, 1.165) is 5.56 Å². The largest absolute Gasteiger partial charge is 0.484 e. The first kappa shape index (κ1) is 14.3. The van der Waals surface area contributed by atoms with Crippen LogP contribution < -0.4 is 15.8 Å². The number of amides is 2. The maximum absolute atomic E-state index is 11.7. The van der Waals surface area contributed by atoms with Crippen LogP contribution in [0, 0.1) is 0 Å².